The highest BCUT2D eigenvalue weighted by molar-refractivity contribution is 7.91. The molecule has 0 bridgehead atoms. The Bertz CT molecular complexity index is 708. The van der Waals surface area contributed by atoms with Gasteiger partial charge in [-0.05, 0) is 24.8 Å². The zero-order valence-electron chi connectivity index (χ0n) is 13.9. The summed E-state index contributed by atoms with van der Waals surface area (Å²) in [5.41, 5.74) is 0.234. The summed E-state index contributed by atoms with van der Waals surface area (Å²) >= 11 is 0.898. The average molecular weight is 389 g/mol. The Morgan fingerprint density at radius 3 is 2.56 bits per heavy atom. The van der Waals surface area contributed by atoms with Crippen molar-refractivity contribution in [3.63, 3.8) is 0 Å². The van der Waals surface area contributed by atoms with Gasteiger partial charge in [-0.3, -0.25) is 9.59 Å². The van der Waals surface area contributed by atoms with Crippen LogP contribution in [0.2, 0.25) is 0 Å². The molecule has 140 valence electrons. The molecule has 0 saturated heterocycles. The third-order valence-electron chi connectivity index (χ3n) is 4.50. The molecule has 25 heavy (non-hydrogen) atoms. The topological polar surface area (TPSA) is 127 Å². The Labute approximate surface area is 151 Å². The zero-order chi connectivity index (χ0) is 18.4. The number of nitrogens with two attached hydrogens (primary N) is 1. The van der Waals surface area contributed by atoms with Crippen LogP contribution >= 0.6 is 11.3 Å². The first-order chi connectivity index (χ1) is 11.8. The first-order valence-electron chi connectivity index (χ1n) is 8.39. The number of carboxylic acid groups (broad SMARTS) is 1. The number of aliphatic carboxylic acids is 1. The SMILES string of the molecule is NS(=O)(=O)c1cc(C(=O)NC(CCC(=O)O)CC2CCCCC2)cs1. The van der Waals surface area contributed by atoms with Crippen molar-refractivity contribution in [2.24, 2.45) is 11.1 Å². The first kappa shape index (κ1) is 19.9. The standard InChI is InChI=1S/C16H24N2O5S2/c17-25(22,23)15-9-12(10-24-15)16(21)18-13(6-7-14(19)20)8-11-4-2-1-3-5-11/h9-11,13H,1-8H2,(H,18,21)(H,19,20)(H2,17,22,23). The largest absolute Gasteiger partial charge is 0.481 e. The van der Waals surface area contributed by atoms with Crippen molar-refractivity contribution < 1.29 is 23.1 Å². The second-order valence-corrected chi connectivity index (χ2v) is 9.24. The lowest BCUT2D eigenvalue weighted by Crippen LogP contribution is -2.37. The Kier molecular flexibility index (Phi) is 6.97. The molecule has 1 aliphatic rings. The van der Waals surface area contributed by atoms with Gasteiger partial charge in [0.25, 0.3) is 5.91 Å². The second kappa shape index (κ2) is 8.77. The molecule has 0 aliphatic heterocycles. The van der Waals surface area contributed by atoms with E-state index in [1.165, 1.54) is 30.7 Å². The lowest BCUT2D eigenvalue weighted by atomic mass is 9.84. The summed E-state index contributed by atoms with van der Waals surface area (Å²) in [5, 5.41) is 18.3. The van der Waals surface area contributed by atoms with Crippen molar-refractivity contribution in [1.29, 1.82) is 0 Å². The normalized spacial score (nSPS) is 17.2. The summed E-state index contributed by atoms with van der Waals surface area (Å²) < 4.78 is 22.6. The molecule has 9 heteroatoms. The molecule has 0 spiro atoms. The number of primary sulfonamides is 1. The van der Waals surface area contributed by atoms with E-state index in [0.717, 1.165) is 30.6 Å². The molecule has 2 rings (SSSR count). The van der Waals surface area contributed by atoms with Gasteiger partial charge in [-0.15, -0.1) is 11.3 Å². The van der Waals surface area contributed by atoms with Gasteiger partial charge in [0.15, 0.2) is 0 Å². The maximum atomic E-state index is 12.4. The number of hydrogen-bond donors (Lipinski definition) is 3. The number of thiophene rings is 1. The van der Waals surface area contributed by atoms with Crippen LogP contribution in [0.4, 0.5) is 0 Å². The molecule has 1 aromatic heterocycles. The van der Waals surface area contributed by atoms with Crippen molar-refractivity contribution in [1.82, 2.24) is 5.32 Å². The minimum Gasteiger partial charge on any atom is -0.481 e. The molecule has 1 heterocycles. The molecule has 1 fully saturated rings. The summed E-state index contributed by atoms with van der Waals surface area (Å²) in [6.45, 7) is 0. The fourth-order valence-electron chi connectivity index (χ4n) is 3.23. The van der Waals surface area contributed by atoms with Gasteiger partial charge in [0.1, 0.15) is 4.21 Å². The predicted molar refractivity (Wildman–Crippen MR) is 95.0 cm³/mol. The number of carbonyl (C=O) groups is 2. The van der Waals surface area contributed by atoms with Crippen LogP contribution in [0.5, 0.6) is 0 Å². The number of rotatable bonds is 8. The molecule has 1 aromatic rings. The summed E-state index contributed by atoms with van der Waals surface area (Å²) in [6.07, 6.45) is 6.90. The predicted octanol–water partition coefficient (Wildman–Crippen LogP) is 2.33. The minimum absolute atomic E-state index is 0.0102. The van der Waals surface area contributed by atoms with Crippen LogP contribution in [0, 0.1) is 5.92 Å². The Morgan fingerprint density at radius 1 is 1.32 bits per heavy atom. The van der Waals surface area contributed by atoms with E-state index in [1.807, 2.05) is 0 Å². The molecule has 1 atom stereocenters. The van der Waals surface area contributed by atoms with Crippen molar-refractivity contribution in [2.45, 2.75) is 61.6 Å². The summed E-state index contributed by atoms with van der Waals surface area (Å²) in [6, 6.07) is 1.02. The number of sulfonamides is 1. The molecule has 0 radical (unpaired) electrons. The van der Waals surface area contributed by atoms with Gasteiger partial charge in [0, 0.05) is 17.8 Å². The van der Waals surface area contributed by atoms with Crippen LogP contribution in [-0.2, 0) is 14.8 Å². The Morgan fingerprint density at radius 2 is 2.00 bits per heavy atom. The smallest absolute Gasteiger partial charge is 0.303 e. The van der Waals surface area contributed by atoms with Crippen LogP contribution in [0.3, 0.4) is 0 Å². The van der Waals surface area contributed by atoms with E-state index in [-0.39, 0.29) is 22.2 Å². The number of hydrogen-bond acceptors (Lipinski definition) is 5. The second-order valence-electron chi connectivity index (χ2n) is 6.54. The molecular weight excluding hydrogens is 364 g/mol. The van der Waals surface area contributed by atoms with Crippen LogP contribution in [0.25, 0.3) is 0 Å². The maximum Gasteiger partial charge on any atom is 0.303 e. The molecule has 4 N–H and O–H groups in total. The third kappa shape index (κ3) is 6.41. The van der Waals surface area contributed by atoms with Gasteiger partial charge < -0.3 is 10.4 Å². The number of carboxylic acids is 1. The minimum atomic E-state index is -3.83. The quantitative estimate of drug-likeness (QED) is 0.630. The summed E-state index contributed by atoms with van der Waals surface area (Å²) in [5.74, 6) is -0.789. The van der Waals surface area contributed by atoms with Crippen molar-refractivity contribution in [3.8, 4) is 0 Å². The van der Waals surface area contributed by atoms with Gasteiger partial charge in [-0.2, -0.15) is 0 Å². The third-order valence-corrected chi connectivity index (χ3v) is 6.89. The highest BCUT2D eigenvalue weighted by Crippen LogP contribution is 2.28. The fourth-order valence-corrected chi connectivity index (χ4v) is 4.81. The van der Waals surface area contributed by atoms with Gasteiger partial charge in [0.05, 0.1) is 5.56 Å². The van der Waals surface area contributed by atoms with Crippen molar-refractivity contribution in [3.05, 3.63) is 17.0 Å². The molecule has 1 amide bonds. The average Bonchev–Trinajstić information content (AvgIpc) is 3.04. The van der Waals surface area contributed by atoms with E-state index < -0.39 is 21.9 Å². The molecular formula is C16H24N2O5S2. The van der Waals surface area contributed by atoms with Crippen molar-refractivity contribution in [2.75, 3.05) is 0 Å². The molecule has 1 saturated carbocycles. The number of amides is 1. The first-order valence-corrected chi connectivity index (χ1v) is 10.8. The van der Waals surface area contributed by atoms with Crippen molar-refractivity contribution >= 4 is 33.2 Å². The maximum absolute atomic E-state index is 12.4. The van der Waals surface area contributed by atoms with Gasteiger partial charge >= 0.3 is 5.97 Å². The molecule has 0 aromatic carbocycles. The van der Waals surface area contributed by atoms with Gasteiger partial charge in [-0.25, -0.2) is 13.6 Å². The van der Waals surface area contributed by atoms with Crippen LogP contribution in [0.15, 0.2) is 15.7 Å². The monoisotopic (exact) mass is 388 g/mol. The van der Waals surface area contributed by atoms with E-state index >= 15 is 0 Å². The van der Waals surface area contributed by atoms with Crippen LogP contribution in [0.1, 0.15) is 61.7 Å². The van der Waals surface area contributed by atoms with Gasteiger partial charge in [-0.1, -0.05) is 32.1 Å². The number of nitrogens with one attached hydrogen (secondary N) is 1. The van der Waals surface area contributed by atoms with Crippen LogP contribution in [-0.4, -0.2) is 31.4 Å². The number of carbonyl (C=O) groups excluding carboxylic acids is 1. The Hall–Kier alpha value is -1.45. The van der Waals surface area contributed by atoms with E-state index in [0.29, 0.717) is 12.3 Å². The Balaban J connectivity index is 2.01. The molecule has 1 unspecified atom stereocenters. The lowest BCUT2D eigenvalue weighted by molar-refractivity contribution is -0.137. The lowest BCUT2D eigenvalue weighted by Gasteiger charge is -2.27. The zero-order valence-corrected chi connectivity index (χ0v) is 15.6. The summed E-state index contributed by atoms with van der Waals surface area (Å²) in [4.78, 5) is 23.3. The summed E-state index contributed by atoms with van der Waals surface area (Å²) in [7, 11) is -3.83. The molecule has 1 aliphatic carbocycles. The van der Waals surface area contributed by atoms with E-state index in [4.69, 9.17) is 10.2 Å². The fraction of sp³-hybridized carbons (Fsp3) is 0.625. The van der Waals surface area contributed by atoms with E-state index in [2.05, 4.69) is 5.32 Å². The molecule has 7 nitrogen and oxygen atoms in total. The van der Waals surface area contributed by atoms with E-state index in [9.17, 15) is 18.0 Å². The highest BCUT2D eigenvalue weighted by atomic mass is 32.2. The van der Waals surface area contributed by atoms with E-state index in [1.54, 1.807) is 0 Å². The highest BCUT2D eigenvalue weighted by Gasteiger charge is 2.23. The van der Waals surface area contributed by atoms with Crippen LogP contribution < -0.4 is 10.5 Å². The van der Waals surface area contributed by atoms with Gasteiger partial charge in [0.2, 0.25) is 10.0 Å².